The Morgan fingerprint density at radius 1 is 0.906 bits per heavy atom. The van der Waals surface area contributed by atoms with Crippen molar-refractivity contribution in [3.63, 3.8) is 0 Å². The number of pyridine rings is 1. The van der Waals surface area contributed by atoms with Crippen molar-refractivity contribution in [2.45, 2.75) is 25.3 Å². The zero-order valence-corrected chi connectivity index (χ0v) is 19.1. The molecule has 2 heterocycles. The Morgan fingerprint density at radius 2 is 1.69 bits per heavy atom. The number of nitrogens with one attached hydrogen (secondary N) is 1. The normalized spacial score (nSPS) is 10.7. The monoisotopic (exact) mass is 440 g/mol. The lowest BCUT2D eigenvalue weighted by Crippen LogP contribution is -2.23. The SMILES string of the molecule is CSc1cc(C(=O)NCc2cc(-c3cccc(-c4ccnc(C)n4)c3)ccn2)ccc1C. The number of hydrogen-bond acceptors (Lipinski definition) is 5. The van der Waals surface area contributed by atoms with Gasteiger partial charge in [-0.15, -0.1) is 11.8 Å². The smallest absolute Gasteiger partial charge is 0.251 e. The van der Waals surface area contributed by atoms with Crippen LogP contribution in [0.2, 0.25) is 0 Å². The molecule has 2 aromatic carbocycles. The number of carbonyl (C=O) groups excluding carboxylic acids is 1. The highest BCUT2D eigenvalue weighted by molar-refractivity contribution is 7.98. The molecule has 0 aliphatic heterocycles. The Kier molecular flexibility index (Phi) is 6.61. The summed E-state index contributed by atoms with van der Waals surface area (Å²) in [7, 11) is 0. The number of aromatic nitrogens is 3. The molecule has 0 saturated heterocycles. The van der Waals surface area contributed by atoms with E-state index in [0.717, 1.165) is 38.8 Å². The van der Waals surface area contributed by atoms with Crippen molar-refractivity contribution < 1.29 is 4.79 Å². The first-order valence-corrected chi connectivity index (χ1v) is 11.5. The van der Waals surface area contributed by atoms with E-state index in [-0.39, 0.29) is 5.91 Å². The lowest BCUT2D eigenvalue weighted by molar-refractivity contribution is 0.0950. The molecule has 6 heteroatoms. The second-order valence-electron chi connectivity index (χ2n) is 7.47. The van der Waals surface area contributed by atoms with Crippen LogP contribution < -0.4 is 5.32 Å². The largest absolute Gasteiger partial charge is 0.346 e. The summed E-state index contributed by atoms with van der Waals surface area (Å²) in [6.45, 7) is 4.29. The lowest BCUT2D eigenvalue weighted by Gasteiger charge is -2.10. The van der Waals surface area contributed by atoms with Crippen molar-refractivity contribution in [2.24, 2.45) is 0 Å². The van der Waals surface area contributed by atoms with Crippen LogP contribution in [0.5, 0.6) is 0 Å². The van der Waals surface area contributed by atoms with Gasteiger partial charge in [0.1, 0.15) is 5.82 Å². The molecule has 4 rings (SSSR count). The minimum absolute atomic E-state index is 0.103. The van der Waals surface area contributed by atoms with E-state index in [0.29, 0.717) is 12.1 Å². The Bertz CT molecular complexity index is 1270. The summed E-state index contributed by atoms with van der Waals surface area (Å²) in [5.41, 5.74) is 6.66. The van der Waals surface area contributed by atoms with Crippen LogP contribution in [-0.4, -0.2) is 27.1 Å². The molecule has 0 bridgehead atoms. The molecule has 0 saturated carbocycles. The molecule has 0 unspecified atom stereocenters. The van der Waals surface area contributed by atoms with Gasteiger partial charge in [-0.25, -0.2) is 9.97 Å². The molecule has 0 atom stereocenters. The van der Waals surface area contributed by atoms with E-state index in [2.05, 4.69) is 32.4 Å². The summed E-state index contributed by atoms with van der Waals surface area (Å²) in [6.07, 6.45) is 5.56. The predicted octanol–water partition coefficient (Wildman–Crippen LogP) is 5.47. The fraction of sp³-hybridized carbons (Fsp3) is 0.154. The highest BCUT2D eigenvalue weighted by Crippen LogP contribution is 2.26. The maximum Gasteiger partial charge on any atom is 0.251 e. The number of thioether (sulfide) groups is 1. The van der Waals surface area contributed by atoms with Crippen molar-refractivity contribution >= 4 is 17.7 Å². The predicted molar refractivity (Wildman–Crippen MR) is 130 cm³/mol. The maximum atomic E-state index is 12.6. The van der Waals surface area contributed by atoms with Gasteiger partial charge < -0.3 is 5.32 Å². The van der Waals surface area contributed by atoms with Crippen LogP contribution in [0, 0.1) is 13.8 Å². The van der Waals surface area contributed by atoms with Crippen LogP contribution >= 0.6 is 11.8 Å². The second-order valence-corrected chi connectivity index (χ2v) is 8.32. The van der Waals surface area contributed by atoms with E-state index < -0.39 is 0 Å². The van der Waals surface area contributed by atoms with Gasteiger partial charge in [-0.1, -0.05) is 24.3 Å². The Hall–Kier alpha value is -3.51. The minimum Gasteiger partial charge on any atom is -0.346 e. The highest BCUT2D eigenvalue weighted by atomic mass is 32.2. The van der Waals surface area contributed by atoms with Crippen molar-refractivity contribution in [1.82, 2.24) is 20.3 Å². The van der Waals surface area contributed by atoms with E-state index >= 15 is 0 Å². The molecule has 0 aliphatic carbocycles. The van der Waals surface area contributed by atoms with Crippen molar-refractivity contribution in [3.05, 3.63) is 95.7 Å². The topological polar surface area (TPSA) is 67.8 Å². The first kappa shape index (κ1) is 21.7. The summed E-state index contributed by atoms with van der Waals surface area (Å²) in [6, 6.07) is 19.9. The lowest BCUT2D eigenvalue weighted by atomic mass is 10.0. The standard InChI is InChI=1S/C26H24N4OS/c1-17-7-8-22(15-25(17)32-3)26(31)29-16-23-14-20(9-11-28-23)19-5-4-6-21(13-19)24-10-12-27-18(2)30-24/h4-15H,16H2,1-3H3,(H,29,31). The molecule has 0 spiro atoms. The van der Waals surface area contributed by atoms with Gasteiger partial charge >= 0.3 is 0 Å². The number of nitrogens with zero attached hydrogens (tertiary/aromatic N) is 3. The number of benzene rings is 2. The number of hydrogen-bond donors (Lipinski definition) is 1. The molecule has 0 radical (unpaired) electrons. The van der Waals surface area contributed by atoms with E-state index in [1.807, 2.05) is 68.6 Å². The molecule has 32 heavy (non-hydrogen) atoms. The summed E-state index contributed by atoms with van der Waals surface area (Å²) >= 11 is 1.64. The highest BCUT2D eigenvalue weighted by Gasteiger charge is 2.09. The fourth-order valence-electron chi connectivity index (χ4n) is 3.46. The molecule has 0 fully saturated rings. The van der Waals surface area contributed by atoms with Crippen molar-refractivity contribution in [2.75, 3.05) is 6.26 Å². The van der Waals surface area contributed by atoms with Gasteiger partial charge in [0.25, 0.3) is 5.91 Å². The Labute approximate surface area is 192 Å². The third-order valence-corrected chi connectivity index (χ3v) is 6.06. The molecule has 160 valence electrons. The number of carbonyl (C=O) groups is 1. The van der Waals surface area contributed by atoms with Crippen molar-refractivity contribution in [1.29, 1.82) is 0 Å². The van der Waals surface area contributed by atoms with E-state index in [9.17, 15) is 4.79 Å². The first-order chi connectivity index (χ1) is 15.5. The van der Waals surface area contributed by atoms with E-state index in [4.69, 9.17) is 0 Å². The summed E-state index contributed by atoms with van der Waals surface area (Å²) in [5.74, 6) is 0.640. The molecule has 0 aliphatic rings. The Morgan fingerprint density at radius 3 is 2.50 bits per heavy atom. The summed E-state index contributed by atoms with van der Waals surface area (Å²) in [5, 5.41) is 2.98. The van der Waals surface area contributed by atoms with Gasteiger partial charge in [-0.2, -0.15) is 0 Å². The molecule has 1 N–H and O–H groups in total. The second kappa shape index (κ2) is 9.75. The van der Waals surface area contributed by atoms with Crippen LogP contribution in [0.15, 0.2) is 78.0 Å². The molecule has 1 amide bonds. The molecule has 2 aromatic heterocycles. The van der Waals surface area contributed by atoms with Crippen LogP contribution in [0.3, 0.4) is 0 Å². The minimum atomic E-state index is -0.103. The van der Waals surface area contributed by atoms with Crippen LogP contribution in [0.1, 0.15) is 27.4 Å². The summed E-state index contributed by atoms with van der Waals surface area (Å²) in [4.78, 5) is 26.9. The average Bonchev–Trinajstić information content (AvgIpc) is 2.83. The third kappa shape index (κ3) is 5.03. The third-order valence-electron chi connectivity index (χ3n) is 5.18. The molecule has 4 aromatic rings. The van der Waals surface area contributed by atoms with Gasteiger partial charge in [0.2, 0.25) is 0 Å². The molecule has 5 nitrogen and oxygen atoms in total. The average molecular weight is 441 g/mol. The van der Waals surface area contributed by atoms with Gasteiger partial charge in [0.05, 0.1) is 17.9 Å². The number of amides is 1. The van der Waals surface area contributed by atoms with Crippen molar-refractivity contribution in [3.8, 4) is 22.4 Å². The van der Waals surface area contributed by atoms with Gasteiger partial charge in [0.15, 0.2) is 0 Å². The van der Waals surface area contributed by atoms with Gasteiger partial charge in [-0.3, -0.25) is 9.78 Å². The Balaban J connectivity index is 1.51. The first-order valence-electron chi connectivity index (χ1n) is 10.3. The zero-order valence-electron chi connectivity index (χ0n) is 18.3. The van der Waals surface area contributed by atoms with E-state index in [1.54, 1.807) is 24.2 Å². The number of rotatable bonds is 6. The molecular weight excluding hydrogens is 416 g/mol. The van der Waals surface area contributed by atoms with Gasteiger partial charge in [-0.05, 0) is 73.2 Å². The number of aryl methyl sites for hydroxylation is 2. The maximum absolute atomic E-state index is 12.6. The fourth-order valence-corrected chi connectivity index (χ4v) is 4.10. The van der Waals surface area contributed by atoms with E-state index in [1.165, 1.54) is 5.56 Å². The molecular formula is C26H24N4OS. The van der Waals surface area contributed by atoms with Crippen LogP contribution in [0.25, 0.3) is 22.4 Å². The summed E-state index contributed by atoms with van der Waals surface area (Å²) < 4.78 is 0. The van der Waals surface area contributed by atoms with Gasteiger partial charge in [0, 0.05) is 28.4 Å². The van der Waals surface area contributed by atoms with Crippen LogP contribution in [0.4, 0.5) is 0 Å². The zero-order chi connectivity index (χ0) is 22.5. The quantitative estimate of drug-likeness (QED) is 0.403. The van der Waals surface area contributed by atoms with Crippen LogP contribution in [-0.2, 0) is 6.54 Å².